The first kappa shape index (κ1) is 16.8. The SMILES string of the molecule is CC(C)n1c([SH]2C=CC=C2)c(CNCc2ccncc2)n(C)c1=O. The van der Waals surface area contributed by atoms with Crippen LogP contribution in [0.2, 0.25) is 0 Å². The zero-order valence-corrected chi connectivity index (χ0v) is 15.2. The van der Waals surface area contributed by atoms with E-state index < -0.39 is 10.9 Å². The Hall–Kier alpha value is -2.05. The standard InChI is InChI=1S/C18H24N4OS/c1-14(2)22-17(24-10-4-5-11-24)16(21(3)18(22)23)13-20-12-15-6-8-19-9-7-15/h4-11,14,20,24H,12-13H2,1-3H3. The largest absolute Gasteiger partial charge is 0.329 e. The second kappa shape index (κ2) is 7.23. The number of aromatic nitrogens is 3. The Kier molecular flexibility index (Phi) is 5.06. The van der Waals surface area contributed by atoms with E-state index in [2.05, 4.69) is 47.1 Å². The number of imidazole rings is 1. The van der Waals surface area contributed by atoms with Gasteiger partial charge in [0.2, 0.25) is 0 Å². The predicted molar refractivity (Wildman–Crippen MR) is 100 cm³/mol. The normalized spacial score (nSPS) is 14.9. The van der Waals surface area contributed by atoms with Crippen molar-refractivity contribution < 1.29 is 0 Å². The van der Waals surface area contributed by atoms with Gasteiger partial charge in [0.15, 0.2) is 0 Å². The third-order valence-corrected chi connectivity index (χ3v) is 6.07. The van der Waals surface area contributed by atoms with Gasteiger partial charge in [-0.15, -0.1) is 0 Å². The molecule has 0 fully saturated rings. The summed E-state index contributed by atoms with van der Waals surface area (Å²) >= 11 is 0. The van der Waals surface area contributed by atoms with Crippen LogP contribution < -0.4 is 11.0 Å². The van der Waals surface area contributed by atoms with Gasteiger partial charge in [-0.05, 0) is 42.4 Å². The van der Waals surface area contributed by atoms with Crippen LogP contribution in [0.5, 0.6) is 0 Å². The van der Waals surface area contributed by atoms with Crippen molar-refractivity contribution in [2.45, 2.75) is 38.0 Å². The Labute approximate surface area is 145 Å². The van der Waals surface area contributed by atoms with Crippen LogP contribution in [0.1, 0.15) is 31.1 Å². The third kappa shape index (κ3) is 3.25. The van der Waals surface area contributed by atoms with Gasteiger partial charge in [0, 0.05) is 38.6 Å². The van der Waals surface area contributed by atoms with E-state index >= 15 is 0 Å². The maximum atomic E-state index is 12.7. The van der Waals surface area contributed by atoms with E-state index in [1.165, 1.54) is 5.56 Å². The van der Waals surface area contributed by atoms with Gasteiger partial charge in [0.1, 0.15) is 0 Å². The average Bonchev–Trinajstić information content (AvgIpc) is 3.18. The minimum Gasteiger partial charge on any atom is -0.307 e. The van der Waals surface area contributed by atoms with Crippen LogP contribution in [0, 0.1) is 0 Å². The highest BCUT2D eigenvalue weighted by Crippen LogP contribution is 2.44. The lowest BCUT2D eigenvalue weighted by Gasteiger charge is -2.18. The topological polar surface area (TPSA) is 51.9 Å². The molecule has 0 saturated heterocycles. The Morgan fingerprint density at radius 1 is 1.17 bits per heavy atom. The van der Waals surface area contributed by atoms with E-state index in [0.717, 1.165) is 17.3 Å². The summed E-state index contributed by atoms with van der Waals surface area (Å²) in [7, 11) is 1.32. The van der Waals surface area contributed by atoms with E-state index in [9.17, 15) is 4.79 Å². The van der Waals surface area contributed by atoms with Gasteiger partial charge in [0.05, 0.1) is 10.7 Å². The van der Waals surface area contributed by atoms with Crippen molar-refractivity contribution in [3.8, 4) is 0 Å². The molecule has 5 nitrogen and oxygen atoms in total. The molecule has 1 N–H and O–H groups in total. The molecule has 128 valence electrons. The monoisotopic (exact) mass is 344 g/mol. The summed E-state index contributed by atoms with van der Waals surface area (Å²) in [5.41, 5.74) is 2.33. The lowest BCUT2D eigenvalue weighted by Crippen LogP contribution is -2.25. The molecule has 0 saturated carbocycles. The van der Waals surface area contributed by atoms with Crippen molar-refractivity contribution in [3.05, 3.63) is 69.2 Å². The molecular weight excluding hydrogens is 320 g/mol. The first-order chi connectivity index (χ1) is 11.6. The second-order valence-corrected chi connectivity index (χ2v) is 7.96. The summed E-state index contributed by atoms with van der Waals surface area (Å²) in [5, 5.41) is 9.02. The molecule has 3 rings (SSSR count). The molecule has 6 heteroatoms. The number of nitrogens with one attached hydrogen (secondary N) is 1. The maximum absolute atomic E-state index is 12.7. The molecular formula is C18H24N4OS. The highest BCUT2D eigenvalue weighted by atomic mass is 32.2. The van der Waals surface area contributed by atoms with Crippen molar-refractivity contribution >= 4 is 10.9 Å². The Morgan fingerprint density at radius 2 is 1.83 bits per heavy atom. The highest BCUT2D eigenvalue weighted by molar-refractivity contribution is 8.22. The Bertz CT molecular complexity index is 806. The van der Waals surface area contributed by atoms with Crippen molar-refractivity contribution in [3.63, 3.8) is 0 Å². The van der Waals surface area contributed by atoms with Gasteiger partial charge in [0.25, 0.3) is 0 Å². The molecule has 0 aliphatic carbocycles. The fraction of sp³-hybridized carbons (Fsp3) is 0.333. The lowest BCUT2D eigenvalue weighted by molar-refractivity contribution is 0.532. The summed E-state index contributed by atoms with van der Waals surface area (Å²) < 4.78 is 3.73. The molecule has 0 radical (unpaired) electrons. The van der Waals surface area contributed by atoms with Crippen molar-refractivity contribution in [2.75, 3.05) is 0 Å². The number of hydrogen-bond donors (Lipinski definition) is 2. The van der Waals surface area contributed by atoms with Crippen LogP contribution in [0.4, 0.5) is 0 Å². The fourth-order valence-electron chi connectivity index (χ4n) is 2.89. The van der Waals surface area contributed by atoms with Gasteiger partial charge in [-0.25, -0.2) is 4.79 Å². The van der Waals surface area contributed by atoms with Gasteiger partial charge in [-0.3, -0.25) is 14.1 Å². The van der Waals surface area contributed by atoms with Crippen LogP contribution in [0.3, 0.4) is 0 Å². The van der Waals surface area contributed by atoms with E-state index in [1.807, 2.05) is 23.7 Å². The number of hydrogen-bond acceptors (Lipinski definition) is 3. The second-order valence-electron chi connectivity index (χ2n) is 6.12. The van der Waals surface area contributed by atoms with Gasteiger partial charge >= 0.3 is 5.69 Å². The zero-order valence-electron chi connectivity index (χ0n) is 14.3. The van der Waals surface area contributed by atoms with E-state index in [-0.39, 0.29) is 11.7 Å². The smallest absolute Gasteiger partial charge is 0.307 e. The molecule has 0 aromatic carbocycles. The summed E-state index contributed by atoms with van der Waals surface area (Å²) in [6.45, 7) is 5.56. The number of allylic oxidation sites excluding steroid dienone is 2. The summed E-state index contributed by atoms with van der Waals surface area (Å²) in [4.78, 5) is 16.7. The van der Waals surface area contributed by atoms with Gasteiger partial charge < -0.3 is 5.32 Å². The van der Waals surface area contributed by atoms with Crippen LogP contribution in [0.15, 0.2) is 57.3 Å². The lowest BCUT2D eigenvalue weighted by atomic mass is 10.2. The first-order valence-electron chi connectivity index (χ1n) is 8.12. The van der Waals surface area contributed by atoms with Crippen LogP contribution >= 0.6 is 10.9 Å². The molecule has 2 aromatic heterocycles. The molecule has 1 aliphatic rings. The Balaban J connectivity index is 1.89. The fourth-order valence-corrected chi connectivity index (χ4v) is 4.94. The molecule has 0 spiro atoms. The number of nitrogens with zero attached hydrogens (tertiary/aromatic N) is 3. The van der Waals surface area contributed by atoms with E-state index in [1.54, 1.807) is 17.0 Å². The quantitative estimate of drug-likeness (QED) is 0.792. The molecule has 3 heterocycles. The number of thiol groups is 1. The van der Waals surface area contributed by atoms with Gasteiger partial charge in [-0.1, -0.05) is 12.2 Å². The third-order valence-electron chi connectivity index (χ3n) is 4.12. The molecule has 0 amide bonds. The highest BCUT2D eigenvalue weighted by Gasteiger charge is 2.22. The van der Waals surface area contributed by atoms with Gasteiger partial charge in [-0.2, -0.15) is 10.9 Å². The number of pyridine rings is 1. The summed E-state index contributed by atoms with van der Waals surface area (Å²) in [6.07, 6.45) is 7.74. The first-order valence-corrected chi connectivity index (χ1v) is 9.60. The van der Waals surface area contributed by atoms with E-state index in [4.69, 9.17) is 0 Å². The summed E-state index contributed by atoms with van der Waals surface area (Å²) in [6, 6.07) is 4.15. The zero-order chi connectivity index (χ0) is 17.1. The van der Waals surface area contributed by atoms with Crippen LogP contribution in [0.25, 0.3) is 0 Å². The molecule has 0 unspecified atom stereocenters. The summed E-state index contributed by atoms with van der Waals surface area (Å²) in [5.74, 6) is 0. The molecule has 24 heavy (non-hydrogen) atoms. The molecule has 0 atom stereocenters. The average molecular weight is 344 g/mol. The maximum Gasteiger partial charge on any atom is 0.329 e. The van der Waals surface area contributed by atoms with Crippen molar-refractivity contribution in [2.24, 2.45) is 7.05 Å². The minimum absolute atomic E-state index is 0.0666. The van der Waals surface area contributed by atoms with Crippen LogP contribution in [-0.4, -0.2) is 14.1 Å². The molecule has 0 bridgehead atoms. The predicted octanol–water partition coefficient (Wildman–Crippen LogP) is 2.85. The molecule has 1 aliphatic heterocycles. The molecule has 2 aromatic rings. The van der Waals surface area contributed by atoms with Crippen molar-refractivity contribution in [1.29, 1.82) is 0 Å². The van der Waals surface area contributed by atoms with Crippen molar-refractivity contribution in [1.82, 2.24) is 19.4 Å². The van der Waals surface area contributed by atoms with Crippen LogP contribution in [-0.2, 0) is 20.1 Å². The van der Waals surface area contributed by atoms with E-state index in [0.29, 0.717) is 6.54 Å². The minimum atomic E-state index is -0.549. The number of rotatable bonds is 6. The Morgan fingerprint density at radius 3 is 2.46 bits per heavy atom.